The van der Waals surface area contributed by atoms with Gasteiger partial charge in [-0.25, -0.2) is 0 Å². The number of morpholine rings is 1. The maximum atomic E-state index is 5.93. The van der Waals surface area contributed by atoms with Crippen molar-refractivity contribution in [2.75, 3.05) is 19.6 Å². The Morgan fingerprint density at radius 2 is 1.69 bits per heavy atom. The quantitative estimate of drug-likeness (QED) is 0.569. The van der Waals surface area contributed by atoms with Gasteiger partial charge in [0.2, 0.25) is 0 Å². The fourth-order valence-corrected chi connectivity index (χ4v) is 2.19. The second-order valence-electron chi connectivity index (χ2n) is 4.97. The van der Waals surface area contributed by atoms with Crippen molar-refractivity contribution in [3.63, 3.8) is 0 Å². The maximum absolute atomic E-state index is 5.93. The Labute approximate surface area is 81.3 Å². The van der Waals surface area contributed by atoms with Gasteiger partial charge in [0.05, 0.1) is 17.7 Å². The van der Waals surface area contributed by atoms with Gasteiger partial charge in [0.25, 0.3) is 0 Å². The summed E-state index contributed by atoms with van der Waals surface area (Å²) in [7, 11) is 0. The summed E-state index contributed by atoms with van der Waals surface area (Å²) in [6, 6.07) is 0. The molecule has 0 bridgehead atoms. The summed E-state index contributed by atoms with van der Waals surface area (Å²) < 4.78 is 5.93. The first-order chi connectivity index (χ1) is 5.85. The molecule has 0 unspecified atom stereocenters. The van der Waals surface area contributed by atoms with Gasteiger partial charge in [-0.2, -0.15) is 0 Å². The normalized spacial score (nSPS) is 26.7. The second-order valence-corrected chi connectivity index (χ2v) is 4.97. The van der Waals surface area contributed by atoms with Gasteiger partial charge in [-0.15, -0.1) is 6.42 Å². The highest BCUT2D eigenvalue weighted by Crippen LogP contribution is 2.27. The number of terminal acetylenes is 1. The smallest absolute Gasteiger partial charge is 0.0761 e. The molecule has 0 amide bonds. The van der Waals surface area contributed by atoms with Crippen molar-refractivity contribution in [1.82, 2.24) is 4.90 Å². The van der Waals surface area contributed by atoms with Crippen LogP contribution >= 0.6 is 0 Å². The largest absolute Gasteiger partial charge is 0.367 e. The lowest BCUT2D eigenvalue weighted by Gasteiger charge is -2.46. The molecule has 1 saturated heterocycles. The fraction of sp³-hybridized carbons (Fsp3) is 0.818. The predicted molar refractivity (Wildman–Crippen MR) is 54.5 cm³/mol. The third-order valence-electron chi connectivity index (χ3n) is 2.08. The van der Waals surface area contributed by atoms with Crippen LogP contribution < -0.4 is 0 Å². The molecule has 1 rings (SSSR count). The standard InChI is InChI=1S/C11H19NO/c1-6-7-12-8-10(2,3)13-11(4,5)9-12/h1H,7-9H2,2-5H3. The summed E-state index contributed by atoms with van der Waals surface area (Å²) in [4.78, 5) is 2.27. The van der Waals surface area contributed by atoms with E-state index in [0.29, 0.717) is 0 Å². The molecule has 0 aromatic rings. The molecule has 0 saturated carbocycles. The molecule has 1 aliphatic rings. The van der Waals surface area contributed by atoms with Crippen LogP contribution in [0.2, 0.25) is 0 Å². The molecule has 0 aromatic heterocycles. The first-order valence-electron chi connectivity index (χ1n) is 4.71. The molecular formula is C11H19NO. The zero-order valence-corrected chi connectivity index (χ0v) is 9.05. The second kappa shape index (κ2) is 3.32. The molecule has 0 N–H and O–H groups in total. The third kappa shape index (κ3) is 3.02. The van der Waals surface area contributed by atoms with Gasteiger partial charge in [-0.3, -0.25) is 4.90 Å². The maximum Gasteiger partial charge on any atom is 0.0761 e. The van der Waals surface area contributed by atoms with E-state index in [1.54, 1.807) is 0 Å². The average molecular weight is 181 g/mol. The summed E-state index contributed by atoms with van der Waals surface area (Å²) in [6.07, 6.45) is 5.30. The Morgan fingerprint density at radius 3 is 2.08 bits per heavy atom. The molecule has 0 radical (unpaired) electrons. The Balaban J connectivity index is 2.67. The lowest BCUT2D eigenvalue weighted by atomic mass is 9.99. The van der Waals surface area contributed by atoms with Crippen LogP contribution in [0, 0.1) is 12.3 Å². The van der Waals surface area contributed by atoms with Gasteiger partial charge >= 0.3 is 0 Å². The molecule has 0 aliphatic carbocycles. The van der Waals surface area contributed by atoms with Crippen LogP contribution in [0.25, 0.3) is 0 Å². The van der Waals surface area contributed by atoms with Gasteiger partial charge in [0, 0.05) is 13.1 Å². The van der Waals surface area contributed by atoms with Crippen LogP contribution in [0.3, 0.4) is 0 Å². The minimum Gasteiger partial charge on any atom is -0.367 e. The first-order valence-corrected chi connectivity index (χ1v) is 4.71. The molecule has 1 aliphatic heterocycles. The van der Waals surface area contributed by atoms with Crippen LogP contribution in [0.5, 0.6) is 0 Å². The van der Waals surface area contributed by atoms with E-state index in [-0.39, 0.29) is 11.2 Å². The number of rotatable bonds is 1. The molecule has 2 nitrogen and oxygen atoms in total. The number of hydrogen-bond acceptors (Lipinski definition) is 2. The van der Waals surface area contributed by atoms with E-state index in [4.69, 9.17) is 11.2 Å². The van der Waals surface area contributed by atoms with Crippen molar-refractivity contribution in [1.29, 1.82) is 0 Å². The van der Waals surface area contributed by atoms with Crippen molar-refractivity contribution >= 4 is 0 Å². The Bertz CT molecular complexity index is 209. The van der Waals surface area contributed by atoms with E-state index in [1.165, 1.54) is 0 Å². The van der Waals surface area contributed by atoms with E-state index in [0.717, 1.165) is 19.6 Å². The van der Waals surface area contributed by atoms with Gasteiger partial charge in [0.1, 0.15) is 0 Å². The lowest BCUT2D eigenvalue weighted by Crippen LogP contribution is -2.57. The molecule has 0 atom stereocenters. The summed E-state index contributed by atoms with van der Waals surface area (Å²) in [5, 5.41) is 0. The predicted octanol–water partition coefficient (Wildman–Crippen LogP) is 1.51. The van der Waals surface area contributed by atoms with Crippen molar-refractivity contribution < 1.29 is 4.74 Å². The van der Waals surface area contributed by atoms with Crippen molar-refractivity contribution in [3.05, 3.63) is 0 Å². The van der Waals surface area contributed by atoms with E-state index < -0.39 is 0 Å². The van der Waals surface area contributed by atoms with Gasteiger partial charge in [-0.1, -0.05) is 5.92 Å². The van der Waals surface area contributed by atoms with Crippen molar-refractivity contribution in [2.24, 2.45) is 0 Å². The Kier molecular flexibility index (Phi) is 2.70. The Morgan fingerprint density at radius 1 is 1.23 bits per heavy atom. The zero-order valence-electron chi connectivity index (χ0n) is 9.05. The van der Waals surface area contributed by atoms with E-state index in [2.05, 4.69) is 38.5 Å². The molecule has 2 heteroatoms. The lowest BCUT2D eigenvalue weighted by molar-refractivity contribution is -0.178. The van der Waals surface area contributed by atoms with Crippen molar-refractivity contribution in [2.45, 2.75) is 38.9 Å². The molecular weight excluding hydrogens is 162 g/mol. The molecule has 0 spiro atoms. The van der Waals surface area contributed by atoms with Crippen molar-refractivity contribution in [3.8, 4) is 12.3 Å². The van der Waals surface area contributed by atoms with Crippen LogP contribution in [-0.4, -0.2) is 35.7 Å². The highest BCUT2D eigenvalue weighted by atomic mass is 16.5. The van der Waals surface area contributed by atoms with Gasteiger partial charge in [0.15, 0.2) is 0 Å². The monoisotopic (exact) mass is 181 g/mol. The summed E-state index contributed by atoms with van der Waals surface area (Å²) in [6.45, 7) is 11.0. The zero-order chi connectivity index (χ0) is 10.1. The van der Waals surface area contributed by atoms with E-state index in [1.807, 2.05) is 0 Å². The number of nitrogens with zero attached hydrogens (tertiary/aromatic N) is 1. The molecule has 74 valence electrons. The average Bonchev–Trinajstić information content (AvgIpc) is 1.78. The minimum absolute atomic E-state index is 0.0847. The minimum atomic E-state index is -0.0847. The van der Waals surface area contributed by atoms with Gasteiger partial charge in [-0.05, 0) is 27.7 Å². The topological polar surface area (TPSA) is 12.5 Å². The van der Waals surface area contributed by atoms with Crippen LogP contribution in [0.15, 0.2) is 0 Å². The summed E-state index contributed by atoms with van der Waals surface area (Å²) >= 11 is 0. The first kappa shape index (κ1) is 10.6. The van der Waals surface area contributed by atoms with E-state index >= 15 is 0 Å². The molecule has 0 aromatic carbocycles. The highest BCUT2D eigenvalue weighted by molar-refractivity contribution is 4.95. The fourth-order valence-electron chi connectivity index (χ4n) is 2.19. The Hall–Kier alpha value is -0.520. The van der Waals surface area contributed by atoms with Crippen LogP contribution in [0.4, 0.5) is 0 Å². The van der Waals surface area contributed by atoms with Crippen LogP contribution in [0.1, 0.15) is 27.7 Å². The number of hydrogen-bond donors (Lipinski definition) is 0. The van der Waals surface area contributed by atoms with Gasteiger partial charge < -0.3 is 4.74 Å². The summed E-state index contributed by atoms with van der Waals surface area (Å²) in [5.74, 6) is 2.68. The molecule has 1 fully saturated rings. The molecule has 1 heterocycles. The van der Waals surface area contributed by atoms with Crippen LogP contribution in [-0.2, 0) is 4.74 Å². The highest BCUT2D eigenvalue weighted by Gasteiger charge is 2.37. The number of ether oxygens (including phenoxy) is 1. The SMILES string of the molecule is C#CCN1CC(C)(C)OC(C)(C)C1. The van der Waals surface area contributed by atoms with E-state index in [9.17, 15) is 0 Å². The molecule has 13 heavy (non-hydrogen) atoms. The summed E-state index contributed by atoms with van der Waals surface area (Å²) in [5.41, 5.74) is -0.169. The third-order valence-corrected chi connectivity index (χ3v) is 2.08.